The van der Waals surface area contributed by atoms with Gasteiger partial charge in [0, 0.05) is 17.1 Å². The maximum Gasteiger partial charge on any atom is 0.306 e. The molecule has 22 heavy (non-hydrogen) atoms. The second-order valence-corrected chi connectivity index (χ2v) is 7.21. The molecule has 0 saturated heterocycles. The van der Waals surface area contributed by atoms with Crippen molar-refractivity contribution in [1.29, 1.82) is 0 Å². The highest BCUT2D eigenvalue weighted by molar-refractivity contribution is 6.30. The van der Waals surface area contributed by atoms with Crippen LogP contribution in [0.2, 0.25) is 5.02 Å². The Balaban J connectivity index is 1.64. The molecule has 2 saturated carbocycles. The maximum absolute atomic E-state index is 11.1. The van der Waals surface area contributed by atoms with E-state index in [0.717, 1.165) is 30.7 Å². The van der Waals surface area contributed by atoms with Gasteiger partial charge < -0.3 is 10.4 Å². The van der Waals surface area contributed by atoms with E-state index in [-0.39, 0.29) is 5.92 Å². The standard InChI is InChI=1S/C18H24ClNO2/c19-15-8-4-13(5-9-15)17(12-2-1-3-12)20-16-10-6-14(7-11-16)18(21)22/h4-5,8-9,12,14,16-17,20H,1-3,6-7,10-11H2,(H,21,22). The van der Waals surface area contributed by atoms with Crippen molar-refractivity contribution in [3.8, 4) is 0 Å². The van der Waals surface area contributed by atoms with Crippen LogP contribution in [0.15, 0.2) is 24.3 Å². The van der Waals surface area contributed by atoms with E-state index in [0.29, 0.717) is 18.0 Å². The lowest BCUT2D eigenvalue weighted by Crippen LogP contribution is -2.41. The SMILES string of the molecule is O=C(O)C1CCC(NC(c2ccc(Cl)cc2)C2CCC2)CC1. The summed E-state index contributed by atoms with van der Waals surface area (Å²) in [7, 11) is 0. The van der Waals surface area contributed by atoms with Crippen LogP contribution in [0.4, 0.5) is 0 Å². The number of hydrogen-bond donors (Lipinski definition) is 2. The average Bonchev–Trinajstić information content (AvgIpc) is 2.46. The predicted octanol–water partition coefficient (Wildman–Crippen LogP) is 4.41. The molecule has 2 fully saturated rings. The van der Waals surface area contributed by atoms with E-state index in [9.17, 15) is 4.79 Å². The van der Waals surface area contributed by atoms with Crippen molar-refractivity contribution in [2.75, 3.05) is 0 Å². The number of aliphatic carboxylic acids is 1. The second-order valence-electron chi connectivity index (χ2n) is 6.77. The molecule has 1 atom stereocenters. The number of hydrogen-bond acceptors (Lipinski definition) is 2. The fraction of sp³-hybridized carbons (Fsp3) is 0.611. The van der Waals surface area contributed by atoms with E-state index in [1.807, 2.05) is 12.1 Å². The van der Waals surface area contributed by atoms with E-state index < -0.39 is 5.97 Å². The molecule has 0 aliphatic heterocycles. The summed E-state index contributed by atoms with van der Waals surface area (Å²) < 4.78 is 0. The Morgan fingerprint density at radius 1 is 1.09 bits per heavy atom. The Morgan fingerprint density at radius 2 is 1.73 bits per heavy atom. The van der Waals surface area contributed by atoms with Crippen molar-refractivity contribution in [3.63, 3.8) is 0 Å². The third kappa shape index (κ3) is 3.64. The summed E-state index contributed by atoms with van der Waals surface area (Å²) in [6.07, 6.45) is 7.41. The van der Waals surface area contributed by atoms with Crippen molar-refractivity contribution in [3.05, 3.63) is 34.9 Å². The fourth-order valence-electron chi connectivity index (χ4n) is 3.71. The Kier molecular flexibility index (Phi) is 5.04. The van der Waals surface area contributed by atoms with Crippen LogP contribution >= 0.6 is 11.6 Å². The molecule has 0 amide bonds. The fourth-order valence-corrected chi connectivity index (χ4v) is 3.83. The monoisotopic (exact) mass is 321 g/mol. The summed E-state index contributed by atoms with van der Waals surface area (Å²) in [6.45, 7) is 0. The zero-order chi connectivity index (χ0) is 15.5. The van der Waals surface area contributed by atoms with E-state index in [4.69, 9.17) is 16.7 Å². The first-order valence-corrected chi connectivity index (χ1v) is 8.75. The van der Waals surface area contributed by atoms with Crippen molar-refractivity contribution >= 4 is 17.6 Å². The van der Waals surface area contributed by atoms with Crippen LogP contribution in [0.1, 0.15) is 56.6 Å². The molecule has 120 valence electrons. The summed E-state index contributed by atoms with van der Waals surface area (Å²) in [4.78, 5) is 11.1. The van der Waals surface area contributed by atoms with Gasteiger partial charge in [-0.1, -0.05) is 30.2 Å². The number of carbonyl (C=O) groups is 1. The zero-order valence-corrected chi connectivity index (χ0v) is 13.6. The molecule has 1 unspecified atom stereocenters. The van der Waals surface area contributed by atoms with Crippen molar-refractivity contribution in [2.45, 2.75) is 57.0 Å². The second kappa shape index (κ2) is 7.01. The van der Waals surface area contributed by atoms with Crippen LogP contribution in [0.5, 0.6) is 0 Å². The van der Waals surface area contributed by atoms with Gasteiger partial charge in [-0.3, -0.25) is 4.79 Å². The summed E-state index contributed by atoms with van der Waals surface area (Å²) >= 11 is 6.01. The van der Waals surface area contributed by atoms with Crippen LogP contribution < -0.4 is 5.32 Å². The largest absolute Gasteiger partial charge is 0.481 e. The molecule has 0 spiro atoms. The van der Waals surface area contributed by atoms with Crippen molar-refractivity contribution in [2.24, 2.45) is 11.8 Å². The number of nitrogens with one attached hydrogen (secondary N) is 1. The number of rotatable bonds is 5. The van der Waals surface area contributed by atoms with Gasteiger partial charge in [0.1, 0.15) is 0 Å². The number of carboxylic acid groups (broad SMARTS) is 1. The van der Waals surface area contributed by atoms with Crippen LogP contribution in [0.25, 0.3) is 0 Å². The van der Waals surface area contributed by atoms with Gasteiger partial charge in [-0.15, -0.1) is 0 Å². The third-order valence-corrected chi connectivity index (χ3v) is 5.59. The molecule has 0 bridgehead atoms. The highest BCUT2D eigenvalue weighted by Gasteiger charge is 2.32. The highest BCUT2D eigenvalue weighted by Crippen LogP contribution is 2.39. The lowest BCUT2D eigenvalue weighted by atomic mass is 9.76. The Labute approximate surface area is 137 Å². The molecule has 4 heteroatoms. The third-order valence-electron chi connectivity index (χ3n) is 5.34. The molecule has 1 aromatic rings. The molecule has 2 aliphatic rings. The molecule has 1 aromatic carbocycles. The van der Waals surface area contributed by atoms with E-state index in [1.165, 1.54) is 24.8 Å². The van der Waals surface area contributed by atoms with E-state index in [1.54, 1.807) is 0 Å². The summed E-state index contributed by atoms with van der Waals surface area (Å²) in [5.74, 6) is -0.0687. The molecule has 0 aromatic heterocycles. The van der Waals surface area contributed by atoms with Gasteiger partial charge >= 0.3 is 5.97 Å². The van der Waals surface area contributed by atoms with E-state index >= 15 is 0 Å². The molecule has 3 rings (SSSR count). The Morgan fingerprint density at radius 3 is 2.23 bits per heavy atom. The summed E-state index contributed by atoms with van der Waals surface area (Å²) in [5.41, 5.74) is 1.31. The van der Waals surface area contributed by atoms with Gasteiger partial charge in [-0.05, 0) is 62.1 Å². The lowest BCUT2D eigenvalue weighted by Gasteiger charge is -2.39. The van der Waals surface area contributed by atoms with Crippen molar-refractivity contribution < 1.29 is 9.90 Å². The van der Waals surface area contributed by atoms with Crippen LogP contribution in [0, 0.1) is 11.8 Å². The van der Waals surface area contributed by atoms with Gasteiger partial charge in [-0.2, -0.15) is 0 Å². The number of benzene rings is 1. The molecule has 2 N–H and O–H groups in total. The van der Waals surface area contributed by atoms with Crippen molar-refractivity contribution in [1.82, 2.24) is 5.32 Å². The topological polar surface area (TPSA) is 49.3 Å². The van der Waals surface area contributed by atoms with Crippen LogP contribution in [0.3, 0.4) is 0 Å². The Bertz CT molecular complexity index is 504. The normalized spacial score (nSPS) is 27.1. The minimum atomic E-state index is -0.633. The molecule has 2 aliphatic carbocycles. The van der Waals surface area contributed by atoms with Crippen LogP contribution in [-0.4, -0.2) is 17.1 Å². The first kappa shape index (κ1) is 15.8. The van der Waals surface area contributed by atoms with Gasteiger partial charge in [0.25, 0.3) is 0 Å². The highest BCUT2D eigenvalue weighted by atomic mass is 35.5. The first-order valence-electron chi connectivity index (χ1n) is 8.38. The molecule has 3 nitrogen and oxygen atoms in total. The van der Waals surface area contributed by atoms with Crippen LogP contribution in [-0.2, 0) is 4.79 Å². The molecular weight excluding hydrogens is 298 g/mol. The lowest BCUT2D eigenvalue weighted by molar-refractivity contribution is -0.142. The van der Waals surface area contributed by atoms with Gasteiger partial charge in [-0.25, -0.2) is 0 Å². The molecule has 0 radical (unpaired) electrons. The number of halogens is 1. The Hall–Kier alpha value is -1.06. The van der Waals surface area contributed by atoms with Gasteiger partial charge in [0.15, 0.2) is 0 Å². The smallest absolute Gasteiger partial charge is 0.306 e. The molecule has 0 heterocycles. The quantitative estimate of drug-likeness (QED) is 0.844. The summed E-state index contributed by atoms with van der Waals surface area (Å²) in [5, 5.41) is 13.7. The van der Waals surface area contributed by atoms with Gasteiger partial charge in [0.2, 0.25) is 0 Å². The van der Waals surface area contributed by atoms with Gasteiger partial charge in [0.05, 0.1) is 5.92 Å². The van der Waals surface area contributed by atoms with E-state index in [2.05, 4.69) is 17.4 Å². The maximum atomic E-state index is 11.1. The minimum Gasteiger partial charge on any atom is -0.481 e. The minimum absolute atomic E-state index is 0.143. The molecular formula is C18H24ClNO2. The average molecular weight is 322 g/mol. The first-order chi connectivity index (χ1) is 10.6. The zero-order valence-electron chi connectivity index (χ0n) is 12.8. The summed E-state index contributed by atoms with van der Waals surface area (Å²) in [6, 6.07) is 9.01. The predicted molar refractivity (Wildman–Crippen MR) is 88.1 cm³/mol. The number of carboxylic acids is 1.